The van der Waals surface area contributed by atoms with E-state index < -0.39 is 11.9 Å². The van der Waals surface area contributed by atoms with E-state index >= 15 is 0 Å². The summed E-state index contributed by atoms with van der Waals surface area (Å²) in [5.74, 6) is -0.825. The predicted molar refractivity (Wildman–Crippen MR) is 193 cm³/mol. The SMILES string of the molecule is CC(=O)[O-].CC(=O)[O-].CCC(C)c1cc(C=Nc2cccc(N=Cc3cc(C(C)CC)cc(C(C)(C)C)c3O)c2)c(O)c(C(C)(C)C)c1.[Co+2]. The monoisotopic (exact) mass is 717 g/mol. The number of aliphatic imine (C=N–C) groups is 2. The molecule has 269 valence electrons. The van der Waals surface area contributed by atoms with E-state index in [1.165, 1.54) is 11.1 Å². The van der Waals surface area contributed by atoms with E-state index in [0.29, 0.717) is 11.8 Å². The molecule has 0 saturated carbocycles. The molecular weight excluding hydrogens is 663 g/mol. The average Bonchev–Trinajstić information content (AvgIpc) is 2.97. The standard InChI is InChI=1S/C36H48N2O2.2C2H4O2.Co/c1-11-23(3)25-16-27(33(39)31(18-25)35(5,6)7)21-37-29-14-13-15-30(20-29)38-22-28-17-26(24(4)12-2)19-32(34(28)40)36(8,9)10;2*1-2(3)4;/h13-24,39-40H,11-12H2,1-10H3;2*1H3,(H,3,4);/q;;;+2/p-2. The Morgan fingerprint density at radius 2 is 1.00 bits per heavy atom. The number of hydrogen-bond acceptors (Lipinski definition) is 8. The van der Waals surface area contributed by atoms with Gasteiger partial charge in [-0.15, -0.1) is 0 Å². The van der Waals surface area contributed by atoms with Gasteiger partial charge in [0.15, 0.2) is 0 Å². The van der Waals surface area contributed by atoms with Crippen LogP contribution in [-0.2, 0) is 37.2 Å². The second-order valence-corrected chi connectivity index (χ2v) is 14.2. The Labute approximate surface area is 303 Å². The minimum atomic E-state index is -1.08. The summed E-state index contributed by atoms with van der Waals surface area (Å²) >= 11 is 0. The van der Waals surface area contributed by atoms with E-state index in [-0.39, 0.29) is 39.1 Å². The summed E-state index contributed by atoms with van der Waals surface area (Å²) < 4.78 is 0. The van der Waals surface area contributed by atoms with E-state index in [4.69, 9.17) is 29.8 Å². The fraction of sp³-hybridized carbons (Fsp3) is 0.450. The molecular formula is C40H54CoN2O6. The summed E-state index contributed by atoms with van der Waals surface area (Å²) in [7, 11) is 0. The number of phenols is 2. The Balaban J connectivity index is 0.00000230. The first-order valence-electron chi connectivity index (χ1n) is 16.4. The van der Waals surface area contributed by atoms with Crippen molar-refractivity contribution in [3.63, 3.8) is 0 Å². The van der Waals surface area contributed by atoms with Gasteiger partial charge < -0.3 is 30.0 Å². The van der Waals surface area contributed by atoms with Crippen molar-refractivity contribution in [2.24, 2.45) is 9.98 Å². The smallest absolute Gasteiger partial charge is 0.550 e. The number of carbonyl (C=O) groups is 2. The van der Waals surface area contributed by atoms with Crippen molar-refractivity contribution >= 4 is 35.7 Å². The van der Waals surface area contributed by atoms with Gasteiger partial charge in [0.05, 0.1) is 11.4 Å². The van der Waals surface area contributed by atoms with Crippen LogP contribution >= 0.6 is 0 Å². The van der Waals surface area contributed by atoms with Gasteiger partial charge in [0.2, 0.25) is 0 Å². The fourth-order valence-corrected chi connectivity index (χ4v) is 4.68. The van der Waals surface area contributed by atoms with Crippen molar-refractivity contribution in [1.29, 1.82) is 0 Å². The largest absolute Gasteiger partial charge is 2.00 e. The molecule has 3 aromatic rings. The van der Waals surface area contributed by atoms with Gasteiger partial charge >= 0.3 is 16.8 Å². The molecule has 2 atom stereocenters. The first-order chi connectivity index (χ1) is 22.1. The molecule has 49 heavy (non-hydrogen) atoms. The molecule has 0 spiro atoms. The normalized spacial score (nSPS) is 12.7. The van der Waals surface area contributed by atoms with Crippen LogP contribution in [0.1, 0.15) is 141 Å². The molecule has 0 aliphatic rings. The number of aliphatic carboxylic acids is 2. The van der Waals surface area contributed by atoms with Crippen molar-refractivity contribution in [3.8, 4) is 11.5 Å². The zero-order valence-electron chi connectivity index (χ0n) is 31.1. The van der Waals surface area contributed by atoms with Crippen LogP contribution in [0.2, 0.25) is 0 Å². The second-order valence-electron chi connectivity index (χ2n) is 14.2. The van der Waals surface area contributed by atoms with Crippen molar-refractivity contribution in [2.45, 2.75) is 119 Å². The summed E-state index contributed by atoms with van der Waals surface area (Å²) in [4.78, 5) is 27.2. The molecule has 0 aliphatic carbocycles. The number of benzene rings is 3. The van der Waals surface area contributed by atoms with E-state index in [0.717, 1.165) is 60.3 Å². The number of carboxylic acid groups (broad SMARTS) is 2. The van der Waals surface area contributed by atoms with E-state index in [9.17, 15) is 10.2 Å². The third-order valence-corrected chi connectivity index (χ3v) is 7.84. The Hall–Kier alpha value is -3.95. The summed E-state index contributed by atoms with van der Waals surface area (Å²) in [6.45, 7) is 23.4. The van der Waals surface area contributed by atoms with Crippen molar-refractivity contribution in [3.05, 3.63) is 81.9 Å². The number of rotatable bonds is 8. The third kappa shape index (κ3) is 15.0. The van der Waals surface area contributed by atoms with Crippen LogP contribution in [0.15, 0.2) is 58.5 Å². The molecule has 0 amide bonds. The summed E-state index contributed by atoms with van der Waals surface area (Å²) in [6, 6.07) is 16.0. The maximum atomic E-state index is 11.1. The maximum absolute atomic E-state index is 11.1. The van der Waals surface area contributed by atoms with Gasteiger partial charge in [0.25, 0.3) is 0 Å². The Morgan fingerprint density at radius 1 is 0.694 bits per heavy atom. The first kappa shape index (κ1) is 45.0. The molecule has 0 bridgehead atoms. The van der Waals surface area contributed by atoms with Crippen molar-refractivity contribution in [1.82, 2.24) is 0 Å². The van der Waals surface area contributed by atoms with Crippen LogP contribution in [0.3, 0.4) is 0 Å². The zero-order chi connectivity index (χ0) is 37.0. The van der Waals surface area contributed by atoms with Gasteiger partial charge in [0, 0.05) is 46.6 Å². The van der Waals surface area contributed by atoms with Crippen molar-refractivity contribution in [2.75, 3.05) is 0 Å². The summed E-state index contributed by atoms with van der Waals surface area (Å²) in [5.41, 5.74) is 6.83. The predicted octanol–water partition coefficient (Wildman–Crippen LogP) is 7.73. The number of nitrogens with zero attached hydrogens (tertiary/aromatic N) is 2. The van der Waals surface area contributed by atoms with Crippen LogP contribution in [0.5, 0.6) is 11.5 Å². The number of hydrogen-bond donors (Lipinski definition) is 2. The topological polar surface area (TPSA) is 145 Å². The molecule has 9 heteroatoms. The molecule has 0 aromatic heterocycles. The van der Waals surface area contributed by atoms with Gasteiger partial charge in [-0.25, -0.2) is 0 Å². The Morgan fingerprint density at radius 3 is 1.27 bits per heavy atom. The third-order valence-electron chi connectivity index (χ3n) is 7.84. The minimum absolute atomic E-state index is 0. The molecule has 1 radical (unpaired) electrons. The molecule has 0 heterocycles. The van der Waals surface area contributed by atoms with Gasteiger partial charge in [-0.05, 0) is 90.8 Å². The van der Waals surface area contributed by atoms with Gasteiger partial charge in [-0.3, -0.25) is 9.98 Å². The van der Waals surface area contributed by atoms with Gasteiger partial charge in [0.1, 0.15) is 11.5 Å². The van der Waals surface area contributed by atoms with Crippen LogP contribution in [0.4, 0.5) is 11.4 Å². The number of carbonyl (C=O) groups excluding carboxylic acids is 2. The molecule has 0 fully saturated rings. The zero-order valence-corrected chi connectivity index (χ0v) is 32.1. The quantitative estimate of drug-likeness (QED) is 0.228. The number of aromatic hydroxyl groups is 2. The van der Waals surface area contributed by atoms with Gasteiger partial charge in [-0.1, -0.05) is 87.4 Å². The van der Waals surface area contributed by atoms with Crippen LogP contribution in [0.25, 0.3) is 0 Å². The van der Waals surface area contributed by atoms with E-state index in [1.54, 1.807) is 12.4 Å². The Bertz CT molecular complexity index is 1480. The van der Waals surface area contributed by atoms with Crippen LogP contribution in [0, 0.1) is 0 Å². The summed E-state index contributed by atoms with van der Waals surface area (Å²) in [5, 5.41) is 40.0. The molecule has 0 aliphatic heterocycles. The van der Waals surface area contributed by atoms with Crippen LogP contribution in [-0.4, -0.2) is 34.6 Å². The van der Waals surface area contributed by atoms with Crippen molar-refractivity contribution < 1.29 is 46.8 Å². The van der Waals surface area contributed by atoms with Gasteiger partial charge in [-0.2, -0.15) is 0 Å². The van der Waals surface area contributed by atoms with Crippen LogP contribution < -0.4 is 10.2 Å². The number of carboxylic acids is 2. The summed E-state index contributed by atoms with van der Waals surface area (Å²) in [6.07, 6.45) is 5.54. The number of phenolic OH excluding ortho intramolecular Hbond substituents is 2. The Kier molecular flexibility index (Phi) is 18.3. The molecule has 2 unspecified atom stereocenters. The molecule has 3 aromatic carbocycles. The second kappa shape index (κ2) is 19.9. The molecule has 3 rings (SSSR count). The minimum Gasteiger partial charge on any atom is -0.550 e. The van der Waals surface area contributed by atoms with E-state index in [1.807, 2.05) is 36.4 Å². The molecule has 0 saturated heterocycles. The average molecular weight is 718 g/mol. The first-order valence-corrected chi connectivity index (χ1v) is 16.4. The molecule has 8 nitrogen and oxygen atoms in total. The maximum Gasteiger partial charge on any atom is 2.00 e. The fourth-order valence-electron chi connectivity index (χ4n) is 4.68. The van der Waals surface area contributed by atoms with E-state index in [2.05, 4.69) is 81.4 Å². The molecule has 2 N–H and O–H groups in total.